The summed E-state index contributed by atoms with van der Waals surface area (Å²) in [5.41, 5.74) is 6.77. The molecular formula is C15H25N3O4. The standard InChI is InChI=1S/C15H25N3O4/c1-20-13-5-4-12(10-14(13)21-2)11-18-15(16)17-6-3-8-22-9-7-19/h4-5,10,19H,3,6-9,11H2,1-2H3,(H3,16,17,18). The lowest BCUT2D eigenvalue weighted by molar-refractivity contribution is 0.0912. The van der Waals surface area contributed by atoms with Gasteiger partial charge in [0.15, 0.2) is 17.5 Å². The highest BCUT2D eigenvalue weighted by molar-refractivity contribution is 5.77. The maximum Gasteiger partial charge on any atom is 0.188 e. The maximum atomic E-state index is 8.56. The van der Waals surface area contributed by atoms with Crippen molar-refractivity contribution in [3.63, 3.8) is 0 Å². The van der Waals surface area contributed by atoms with E-state index in [0.29, 0.717) is 43.8 Å². The van der Waals surface area contributed by atoms with Gasteiger partial charge in [0.25, 0.3) is 0 Å². The van der Waals surface area contributed by atoms with Crippen LogP contribution < -0.4 is 20.5 Å². The number of nitrogens with one attached hydrogen (secondary N) is 1. The molecule has 0 amide bonds. The minimum atomic E-state index is 0.0440. The Labute approximate surface area is 131 Å². The van der Waals surface area contributed by atoms with E-state index in [2.05, 4.69) is 10.3 Å². The topological polar surface area (TPSA) is 98.3 Å². The Bertz CT molecular complexity index is 466. The molecule has 0 aliphatic rings. The van der Waals surface area contributed by atoms with E-state index in [1.54, 1.807) is 14.2 Å². The Morgan fingerprint density at radius 3 is 2.68 bits per heavy atom. The Hall–Kier alpha value is -1.99. The number of guanidine groups is 1. The number of methoxy groups -OCH3 is 2. The predicted molar refractivity (Wildman–Crippen MR) is 85.4 cm³/mol. The van der Waals surface area contributed by atoms with Gasteiger partial charge in [0.2, 0.25) is 0 Å². The van der Waals surface area contributed by atoms with Crippen LogP contribution in [0, 0.1) is 0 Å². The molecule has 0 bridgehead atoms. The fourth-order valence-corrected chi connectivity index (χ4v) is 1.77. The largest absolute Gasteiger partial charge is 0.493 e. The van der Waals surface area contributed by atoms with Crippen molar-refractivity contribution in [3.8, 4) is 11.5 Å². The molecule has 0 saturated heterocycles. The highest BCUT2D eigenvalue weighted by Gasteiger charge is 2.04. The van der Waals surface area contributed by atoms with Gasteiger partial charge < -0.3 is 30.4 Å². The van der Waals surface area contributed by atoms with E-state index >= 15 is 0 Å². The summed E-state index contributed by atoms with van der Waals surface area (Å²) in [6.07, 6.45) is 0.798. The molecule has 7 heteroatoms. The van der Waals surface area contributed by atoms with Crippen LogP contribution in [0.5, 0.6) is 11.5 Å². The molecule has 0 aliphatic heterocycles. The van der Waals surface area contributed by atoms with Crippen LogP contribution in [0.4, 0.5) is 0 Å². The van der Waals surface area contributed by atoms with Crippen LogP contribution in [0.2, 0.25) is 0 Å². The SMILES string of the molecule is COc1ccc(CN=C(N)NCCCOCCO)cc1OC. The zero-order valence-electron chi connectivity index (χ0n) is 13.2. The molecule has 124 valence electrons. The van der Waals surface area contributed by atoms with E-state index in [9.17, 15) is 0 Å². The summed E-state index contributed by atoms with van der Waals surface area (Å²) in [6, 6.07) is 5.63. The zero-order valence-corrected chi connectivity index (χ0v) is 13.2. The van der Waals surface area contributed by atoms with Gasteiger partial charge in [-0.05, 0) is 24.1 Å². The van der Waals surface area contributed by atoms with Crippen LogP contribution >= 0.6 is 0 Å². The van der Waals surface area contributed by atoms with Crippen LogP contribution in [0.25, 0.3) is 0 Å². The first-order valence-electron chi connectivity index (χ1n) is 7.14. The molecule has 0 spiro atoms. The van der Waals surface area contributed by atoms with Gasteiger partial charge in [0.05, 0.1) is 34.0 Å². The molecule has 22 heavy (non-hydrogen) atoms. The number of aliphatic hydroxyl groups excluding tert-OH is 1. The molecule has 0 radical (unpaired) electrons. The first-order valence-corrected chi connectivity index (χ1v) is 7.14. The molecule has 0 fully saturated rings. The Balaban J connectivity index is 2.37. The highest BCUT2D eigenvalue weighted by atomic mass is 16.5. The molecule has 0 saturated carbocycles. The molecule has 1 aromatic rings. The molecule has 7 nitrogen and oxygen atoms in total. The third-order valence-electron chi connectivity index (χ3n) is 2.89. The van der Waals surface area contributed by atoms with Gasteiger partial charge in [-0.3, -0.25) is 0 Å². The Morgan fingerprint density at radius 1 is 1.23 bits per heavy atom. The van der Waals surface area contributed by atoms with Crippen molar-refractivity contribution in [1.29, 1.82) is 0 Å². The second-order valence-electron chi connectivity index (χ2n) is 4.51. The minimum Gasteiger partial charge on any atom is -0.493 e. The average molecular weight is 311 g/mol. The number of ether oxygens (including phenoxy) is 3. The van der Waals surface area contributed by atoms with Gasteiger partial charge in [-0.2, -0.15) is 0 Å². The fraction of sp³-hybridized carbons (Fsp3) is 0.533. The molecular weight excluding hydrogens is 286 g/mol. The Morgan fingerprint density at radius 2 is 2.00 bits per heavy atom. The Kier molecular flexibility index (Phi) is 8.78. The molecule has 1 aromatic carbocycles. The van der Waals surface area contributed by atoms with E-state index in [0.717, 1.165) is 12.0 Å². The second-order valence-corrected chi connectivity index (χ2v) is 4.51. The quantitative estimate of drug-likeness (QED) is 0.331. The normalized spacial score (nSPS) is 11.3. The maximum absolute atomic E-state index is 8.56. The van der Waals surface area contributed by atoms with Crippen molar-refractivity contribution in [2.24, 2.45) is 10.7 Å². The zero-order chi connectivity index (χ0) is 16.2. The van der Waals surface area contributed by atoms with Gasteiger partial charge >= 0.3 is 0 Å². The number of nitrogens with two attached hydrogens (primary N) is 1. The first kappa shape index (κ1) is 18.1. The second kappa shape index (κ2) is 10.7. The van der Waals surface area contributed by atoms with Gasteiger partial charge in [0, 0.05) is 13.2 Å². The van der Waals surface area contributed by atoms with Gasteiger partial charge in [-0.15, -0.1) is 0 Å². The van der Waals surface area contributed by atoms with Crippen LogP contribution in [0.3, 0.4) is 0 Å². The summed E-state index contributed by atoms with van der Waals surface area (Å²) in [7, 11) is 3.20. The predicted octanol–water partition coefficient (Wildman–Crippen LogP) is 0.507. The van der Waals surface area contributed by atoms with Crippen molar-refractivity contribution in [2.45, 2.75) is 13.0 Å². The van der Waals surface area contributed by atoms with Crippen molar-refractivity contribution in [1.82, 2.24) is 5.32 Å². The van der Waals surface area contributed by atoms with Crippen molar-refractivity contribution >= 4 is 5.96 Å². The van der Waals surface area contributed by atoms with E-state index in [1.165, 1.54) is 0 Å². The van der Waals surface area contributed by atoms with Crippen molar-refractivity contribution in [3.05, 3.63) is 23.8 Å². The number of hydrogen-bond acceptors (Lipinski definition) is 5. The van der Waals surface area contributed by atoms with E-state index in [4.69, 9.17) is 25.1 Å². The lowest BCUT2D eigenvalue weighted by Crippen LogP contribution is -2.32. The molecule has 0 atom stereocenters. The summed E-state index contributed by atoms with van der Waals surface area (Å²) in [4.78, 5) is 4.27. The summed E-state index contributed by atoms with van der Waals surface area (Å²) >= 11 is 0. The molecule has 0 heterocycles. The van der Waals surface area contributed by atoms with Crippen LogP contribution in [-0.4, -0.2) is 51.7 Å². The lowest BCUT2D eigenvalue weighted by atomic mass is 10.2. The summed E-state index contributed by atoms with van der Waals surface area (Å²) in [5.74, 6) is 1.74. The summed E-state index contributed by atoms with van der Waals surface area (Å²) < 4.78 is 15.6. The number of aliphatic imine (C=N–C) groups is 1. The lowest BCUT2D eigenvalue weighted by Gasteiger charge is -2.09. The van der Waals surface area contributed by atoms with E-state index < -0.39 is 0 Å². The number of benzene rings is 1. The van der Waals surface area contributed by atoms with Crippen LogP contribution in [0.1, 0.15) is 12.0 Å². The first-order chi connectivity index (χ1) is 10.7. The smallest absolute Gasteiger partial charge is 0.188 e. The highest BCUT2D eigenvalue weighted by Crippen LogP contribution is 2.27. The van der Waals surface area contributed by atoms with E-state index in [1.807, 2.05) is 18.2 Å². The summed E-state index contributed by atoms with van der Waals surface area (Å²) in [6.45, 7) is 2.12. The fourth-order valence-electron chi connectivity index (χ4n) is 1.77. The number of aliphatic hydroxyl groups is 1. The van der Waals surface area contributed by atoms with Crippen molar-refractivity contribution < 1.29 is 19.3 Å². The third-order valence-corrected chi connectivity index (χ3v) is 2.89. The van der Waals surface area contributed by atoms with Crippen molar-refractivity contribution in [2.75, 3.05) is 40.6 Å². The number of hydrogen-bond donors (Lipinski definition) is 3. The van der Waals surface area contributed by atoms with E-state index in [-0.39, 0.29) is 6.61 Å². The van der Waals surface area contributed by atoms with Gasteiger partial charge in [0.1, 0.15) is 0 Å². The summed E-state index contributed by atoms with van der Waals surface area (Å²) in [5, 5.41) is 11.6. The minimum absolute atomic E-state index is 0.0440. The van der Waals surface area contributed by atoms with Crippen LogP contribution in [-0.2, 0) is 11.3 Å². The van der Waals surface area contributed by atoms with Crippen LogP contribution in [0.15, 0.2) is 23.2 Å². The monoisotopic (exact) mass is 311 g/mol. The van der Waals surface area contributed by atoms with Gasteiger partial charge in [-0.25, -0.2) is 4.99 Å². The number of rotatable bonds is 10. The molecule has 1 rings (SSSR count). The average Bonchev–Trinajstić information content (AvgIpc) is 2.55. The molecule has 0 unspecified atom stereocenters. The molecule has 0 aliphatic carbocycles. The third kappa shape index (κ3) is 6.64. The number of nitrogens with zero attached hydrogens (tertiary/aromatic N) is 1. The molecule has 4 N–H and O–H groups in total. The molecule has 0 aromatic heterocycles. The van der Waals surface area contributed by atoms with Gasteiger partial charge in [-0.1, -0.05) is 6.07 Å².